The number of halogens is 1. The van der Waals surface area contributed by atoms with Gasteiger partial charge < -0.3 is 0 Å². The molecule has 2 rings (SSSR count). The molecule has 1 aliphatic rings. The highest BCUT2D eigenvalue weighted by Crippen LogP contribution is 2.41. The summed E-state index contributed by atoms with van der Waals surface area (Å²) in [6, 6.07) is 8.94. The average Bonchev–Trinajstić information content (AvgIpc) is 2.24. The maximum atomic E-state index is 6.46. The van der Waals surface area contributed by atoms with Gasteiger partial charge in [-0.05, 0) is 42.7 Å². The lowest BCUT2D eigenvalue weighted by Gasteiger charge is -2.30. The second-order valence-electron chi connectivity index (χ2n) is 4.94. The van der Waals surface area contributed by atoms with E-state index in [4.69, 9.17) is 11.6 Å². The summed E-state index contributed by atoms with van der Waals surface area (Å²) in [5, 5.41) is 0.244. The number of benzene rings is 1. The van der Waals surface area contributed by atoms with E-state index >= 15 is 0 Å². The lowest BCUT2D eigenvalue weighted by atomic mass is 9.80. The Balaban J connectivity index is 1.95. The summed E-state index contributed by atoms with van der Waals surface area (Å²) >= 11 is 6.46. The zero-order chi connectivity index (χ0) is 11.4. The smallest absolute Gasteiger partial charge is 0.0613 e. The van der Waals surface area contributed by atoms with Gasteiger partial charge in [-0.2, -0.15) is 0 Å². The van der Waals surface area contributed by atoms with Crippen LogP contribution in [0, 0.1) is 5.92 Å². The largest absolute Gasteiger partial charge is 0.118 e. The molecule has 0 N–H and O–H groups in total. The van der Waals surface area contributed by atoms with Gasteiger partial charge in [0.2, 0.25) is 0 Å². The van der Waals surface area contributed by atoms with Crippen molar-refractivity contribution in [2.45, 2.75) is 50.8 Å². The van der Waals surface area contributed by atoms with Crippen LogP contribution in [0.2, 0.25) is 0 Å². The Morgan fingerprint density at radius 1 is 1.25 bits per heavy atom. The van der Waals surface area contributed by atoms with Crippen molar-refractivity contribution < 1.29 is 0 Å². The number of alkyl halides is 1. The molecule has 1 fully saturated rings. The number of hydrogen-bond acceptors (Lipinski definition) is 0. The summed E-state index contributed by atoms with van der Waals surface area (Å²) in [4.78, 5) is 0. The molecule has 1 aromatic carbocycles. The van der Waals surface area contributed by atoms with Crippen LogP contribution in [0.15, 0.2) is 24.3 Å². The Kier molecular flexibility index (Phi) is 4.29. The van der Waals surface area contributed by atoms with E-state index in [-0.39, 0.29) is 5.38 Å². The fourth-order valence-electron chi connectivity index (χ4n) is 2.25. The van der Waals surface area contributed by atoms with Crippen LogP contribution < -0.4 is 0 Å². The van der Waals surface area contributed by atoms with Gasteiger partial charge in [0, 0.05) is 0 Å². The van der Waals surface area contributed by atoms with Crippen molar-refractivity contribution in [3.63, 3.8) is 0 Å². The van der Waals surface area contributed by atoms with Crippen molar-refractivity contribution in [2.75, 3.05) is 0 Å². The quantitative estimate of drug-likeness (QED) is 0.624. The molecule has 0 bridgehead atoms. The summed E-state index contributed by atoms with van der Waals surface area (Å²) < 4.78 is 0. The number of unbranched alkanes of at least 4 members (excludes halogenated alkanes) is 1. The first-order valence-corrected chi connectivity index (χ1v) is 6.98. The van der Waals surface area contributed by atoms with Gasteiger partial charge >= 0.3 is 0 Å². The SMILES string of the molecule is CCCCc1ccc(C(Cl)C2CCC2)cc1. The molecule has 0 spiro atoms. The van der Waals surface area contributed by atoms with Crippen molar-refractivity contribution in [3.05, 3.63) is 35.4 Å². The van der Waals surface area contributed by atoms with Gasteiger partial charge in [-0.25, -0.2) is 0 Å². The first-order valence-electron chi connectivity index (χ1n) is 6.54. The van der Waals surface area contributed by atoms with Crippen LogP contribution in [0.25, 0.3) is 0 Å². The first kappa shape index (κ1) is 12.0. The van der Waals surface area contributed by atoms with Crippen molar-refractivity contribution in [2.24, 2.45) is 5.92 Å². The predicted octanol–water partition coefficient (Wildman–Crippen LogP) is 5.11. The number of rotatable bonds is 5. The summed E-state index contributed by atoms with van der Waals surface area (Å²) in [6.45, 7) is 2.24. The Hall–Kier alpha value is -0.490. The van der Waals surface area contributed by atoms with E-state index in [2.05, 4.69) is 31.2 Å². The molecule has 0 radical (unpaired) electrons. The van der Waals surface area contributed by atoms with Crippen molar-refractivity contribution in [3.8, 4) is 0 Å². The van der Waals surface area contributed by atoms with E-state index in [1.807, 2.05) is 0 Å². The van der Waals surface area contributed by atoms with Crippen LogP contribution in [0.3, 0.4) is 0 Å². The van der Waals surface area contributed by atoms with E-state index < -0.39 is 0 Å². The van der Waals surface area contributed by atoms with E-state index in [1.54, 1.807) is 0 Å². The van der Waals surface area contributed by atoms with Gasteiger partial charge in [-0.15, -0.1) is 11.6 Å². The fourth-order valence-corrected chi connectivity index (χ4v) is 2.65. The molecule has 88 valence electrons. The van der Waals surface area contributed by atoms with Crippen LogP contribution in [0.5, 0.6) is 0 Å². The van der Waals surface area contributed by atoms with E-state index in [1.165, 1.54) is 49.7 Å². The Bertz CT molecular complexity index is 311. The minimum atomic E-state index is 0.244. The molecule has 0 nitrogen and oxygen atoms in total. The maximum Gasteiger partial charge on any atom is 0.0613 e. The lowest BCUT2D eigenvalue weighted by molar-refractivity contribution is 0.305. The van der Waals surface area contributed by atoms with Gasteiger partial charge in [0.05, 0.1) is 5.38 Å². The highest BCUT2D eigenvalue weighted by Gasteiger charge is 2.26. The molecule has 0 aromatic heterocycles. The molecular formula is C15H21Cl. The fraction of sp³-hybridized carbons (Fsp3) is 0.600. The third-order valence-electron chi connectivity index (χ3n) is 3.68. The molecule has 0 heterocycles. The Morgan fingerprint density at radius 3 is 2.44 bits per heavy atom. The topological polar surface area (TPSA) is 0 Å². The van der Waals surface area contributed by atoms with E-state index in [9.17, 15) is 0 Å². The number of aryl methyl sites for hydroxylation is 1. The molecule has 0 aliphatic heterocycles. The molecule has 1 unspecified atom stereocenters. The van der Waals surface area contributed by atoms with E-state index in [0.717, 1.165) is 5.92 Å². The standard InChI is InChI=1S/C15H21Cl/c1-2-3-5-12-8-10-14(11-9-12)15(16)13-6-4-7-13/h8-11,13,15H,2-7H2,1H3. The van der Waals surface area contributed by atoms with Crippen molar-refractivity contribution in [1.29, 1.82) is 0 Å². The molecule has 0 saturated heterocycles. The zero-order valence-electron chi connectivity index (χ0n) is 10.1. The molecule has 1 atom stereocenters. The highest BCUT2D eigenvalue weighted by molar-refractivity contribution is 6.21. The van der Waals surface area contributed by atoms with Crippen molar-refractivity contribution in [1.82, 2.24) is 0 Å². The Morgan fingerprint density at radius 2 is 1.94 bits per heavy atom. The van der Waals surface area contributed by atoms with Crippen LogP contribution in [0.1, 0.15) is 55.5 Å². The second kappa shape index (κ2) is 5.72. The van der Waals surface area contributed by atoms with Crippen LogP contribution in [-0.4, -0.2) is 0 Å². The minimum absolute atomic E-state index is 0.244. The first-order chi connectivity index (χ1) is 7.81. The van der Waals surface area contributed by atoms with E-state index in [0.29, 0.717) is 0 Å². The average molecular weight is 237 g/mol. The lowest BCUT2D eigenvalue weighted by Crippen LogP contribution is -2.16. The monoisotopic (exact) mass is 236 g/mol. The molecule has 16 heavy (non-hydrogen) atoms. The molecule has 1 saturated carbocycles. The van der Waals surface area contributed by atoms with Gasteiger partial charge in [-0.1, -0.05) is 44.0 Å². The molecular weight excluding hydrogens is 216 g/mol. The summed E-state index contributed by atoms with van der Waals surface area (Å²) in [5.74, 6) is 0.725. The normalized spacial score (nSPS) is 18.1. The van der Waals surface area contributed by atoms with Gasteiger partial charge in [-0.3, -0.25) is 0 Å². The maximum absolute atomic E-state index is 6.46. The molecule has 1 aliphatic carbocycles. The van der Waals surface area contributed by atoms with Gasteiger partial charge in [0.1, 0.15) is 0 Å². The number of hydrogen-bond donors (Lipinski definition) is 0. The molecule has 1 heteroatoms. The van der Waals surface area contributed by atoms with Gasteiger partial charge in [0.25, 0.3) is 0 Å². The third-order valence-corrected chi connectivity index (χ3v) is 4.29. The minimum Gasteiger partial charge on any atom is -0.118 e. The molecule has 1 aromatic rings. The second-order valence-corrected chi connectivity index (χ2v) is 5.41. The van der Waals surface area contributed by atoms with Gasteiger partial charge in [0.15, 0.2) is 0 Å². The van der Waals surface area contributed by atoms with Crippen LogP contribution in [0.4, 0.5) is 0 Å². The molecule has 0 amide bonds. The van der Waals surface area contributed by atoms with Crippen LogP contribution >= 0.6 is 11.6 Å². The highest BCUT2D eigenvalue weighted by atomic mass is 35.5. The predicted molar refractivity (Wildman–Crippen MR) is 71.0 cm³/mol. The third kappa shape index (κ3) is 2.79. The zero-order valence-corrected chi connectivity index (χ0v) is 10.8. The van der Waals surface area contributed by atoms with Crippen molar-refractivity contribution >= 4 is 11.6 Å². The Labute approximate surface area is 104 Å². The summed E-state index contributed by atoms with van der Waals surface area (Å²) in [5.41, 5.74) is 2.76. The summed E-state index contributed by atoms with van der Waals surface area (Å²) in [6.07, 6.45) is 7.74. The summed E-state index contributed by atoms with van der Waals surface area (Å²) in [7, 11) is 0. The van der Waals surface area contributed by atoms with Crippen LogP contribution in [-0.2, 0) is 6.42 Å².